The monoisotopic (exact) mass is 232 g/mol. The van der Waals surface area contributed by atoms with Crippen molar-refractivity contribution >= 4 is 0 Å². The molecule has 1 aromatic carbocycles. The maximum absolute atomic E-state index is 11.9. The van der Waals surface area contributed by atoms with Gasteiger partial charge in [0.1, 0.15) is 5.75 Å². The van der Waals surface area contributed by atoms with Gasteiger partial charge in [-0.05, 0) is 30.5 Å². The second kappa shape index (κ2) is 4.33. The van der Waals surface area contributed by atoms with Crippen molar-refractivity contribution in [3.05, 3.63) is 29.8 Å². The Morgan fingerprint density at radius 1 is 1.25 bits per heavy atom. The molecule has 5 heteroatoms. The molecule has 88 valence electrons. The smallest absolute Gasteiger partial charge is 0.406 e. The third-order valence-electron chi connectivity index (χ3n) is 2.41. The SMILES string of the molecule is FC(F)(F)Oc1ccc(CC2CCO2)cc1. The molecule has 1 aliphatic rings. The first kappa shape index (κ1) is 11.3. The number of alkyl halides is 3. The van der Waals surface area contributed by atoms with Crippen molar-refractivity contribution in [1.82, 2.24) is 0 Å². The van der Waals surface area contributed by atoms with Gasteiger partial charge in [0.25, 0.3) is 0 Å². The average Bonchev–Trinajstić information content (AvgIpc) is 2.11. The lowest BCUT2D eigenvalue weighted by atomic mass is 10.0. The standard InChI is InChI=1S/C11H11F3O2/c12-11(13,14)16-9-3-1-8(2-4-9)7-10-5-6-15-10/h1-4,10H,5-7H2. The van der Waals surface area contributed by atoms with Gasteiger partial charge in [-0.3, -0.25) is 0 Å². The van der Waals surface area contributed by atoms with E-state index in [0.29, 0.717) is 0 Å². The number of ether oxygens (including phenoxy) is 2. The average molecular weight is 232 g/mol. The van der Waals surface area contributed by atoms with E-state index in [1.807, 2.05) is 0 Å². The van der Waals surface area contributed by atoms with Gasteiger partial charge in [0, 0.05) is 6.61 Å². The third-order valence-corrected chi connectivity index (χ3v) is 2.41. The lowest BCUT2D eigenvalue weighted by Gasteiger charge is -2.26. The fraction of sp³-hybridized carbons (Fsp3) is 0.455. The Labute approximate surface area is 91.0 Å². The van der Waals surface area contributed by atoms with Crippen LogP contribution in [0.3, 0.4) is 0 Å². The van der Waals surface area contributed by atoms with E-state index in [4.69, 9.17) is 4.74 Å². The van der Waals surface area contributed by atoms with E-state index in [9.17, 15) is 13.2 Å². The fourth-order valence-electron chi connectivity index (χ4n) is 1.54. The Morgan fingerprint density at radius 2 is 1.88 bits per heavy atom. The van der Waals surface area contributed by atoms with Crippen molar-refractivity contribution in [3.63, 3.8) is 0 Å². The van der Waals surface area contributed by atoms with E-state index >= 15 is 0 Å². The van der Waals surface area contributed by atoms with Crippen molar-refractivity contribution < 1.29 is 22.6 Å². The molecule has 1 saturated heterocycles. The molecule has 0 N–H and O–H groups in total. The molecule has 0 aromatic heterocycles. The van der Waals surface area contributed by atoms with Gasteiger partial charge in [-0.25, -0.2) is 0 Å². The molecule has 2 rings (SSSR count). The Kier molecular flexibility index (Phi) is 3.05. The van der Waals surface area contributed by atoms with Gasteiger partial charge in [-0.15, -0.1) is 13.2 Å². The van der Waals surface area contributed by atoms with Crippen LogP contribution in [0.15, 0.2) is 24.3 Å². The Hall–Kier alpha value is -1.23. The van der Waals surface area contributed by atoms with E-state index in [2.05, 4.69) is 4.74 Å². The zero-order valence-corrected chi connectivity index (χ0v) is 8.46. The largest absolute Gasteiger partial charge is 0.573 e. The minimum absolute atomic E-state index is 0.189. The van der Waals surface area contributed by atoms with E-state index in [0.717, 1.165) is 25.0 Å². The predicted octanol–water partition coefficient (Wildman–Crippen LogP) is 2.92. The number of benzene rings is 1. The summed E-state index contributed by atoms with van der Waals surface area (Å²) in [6.45, 7) is 0.778. The maximum Gasteiger partial charge on any atom is 0.573 e. The first-order valence-electron chi connectivity index (χ1n) is 4.99. The zero-order chi connectivity index (χ0) is 11.6. The van der Waals surface area contributed by atoms with Gasteiger partial charge in [-0.1, -0.05) is 12.1 Å². The highest BCUT2D eigenvalue weighted by atomic mass is 19.4. The molecule has 1 aliphatic heterocycles. The molecular weight excluding hydrogens is 221 g/mol. The van der Waals surface area contributed by atoms with Crippen molar-refractivity contribution in [3.8, 4) is 5.75 Å². The van der Waals surface area contributed by atoms with E-state index in [1.54, 1.807) is 12.1 Å². The molecule has 0 amide bonds. The van der Waals surface area contributed by atoms with Gasteiger partial charge in [0.15, 0.2) is 0 Å². The summed E-state index contributed by atoms with van der Waals surface area (Å²) in [7, 11) is 0. The lowest BCUT2D eigenvalue weighted by Crippen LogP contribution is -2.28. The molecule has 0 radical (unpaired) electrons. The first-order chi connectivity index (χ1) is 7.53. The fourth-order valence-corrected chi connectivity index (χ4v) is 1.54. The molecule has 0 bridgehead atoms. The zero-order valence-electron chi connectivity index (χ0n) is 8.46. The molecule has 1 heterocycles. The summed E-state index contributed by atoms with van der Waals surface area (Å²) in [5, 5.41) is 0. The van der Waals surface area contributed by atoms with Crippen LogP contribution in [0.25, 0.3) is 0 Å². The van der Waals surface area contributed by atoms with Crippen LogP contribution in [-0.2, 0) is 11.2 Å². The summed E-state index contributed by atoms with van der Waals surface area (Å²) in [5.41, 5.74) is 0.958. The Morgan fingerprint density at radius 3 is 2.31 bits per heavy atom. The summed E-state index contributed by atoms with van der Waals surface area (Å²) >= 11 is 0. The molecule has 1 aromatic rings. The minimum Gasteiger partial charge on any atom is -0.406 e. The van der Waals surface area contributed by atoms with Gasteiger partial charge in [0.05, 0.1) is 6.10 Å². The summed E-state index contributed by atoms with van der Waals surface area (Å²) in [5.74, 6) is -0.189. The predicted molar refractivity (Wildman–Crippen MR) is 51.2 cm³/mol. The normalized spacial score (nSPS) is 20.3. The molecule has 0 saturated carbocycles. The second-order valence-corrected chi connectivity index (χ2v) is 3.68. The molecule has 1 unspecified atom stereocenters. The van der Waals surface area contributed by atoms with Crippen LogP contribution >= 0.6 is 0 Å². The van der Waals surface area contributed by atoms with E-state index < -0.39 is 6.36 Å². The minimum atomic E-state index is -4.63. The van der Waals surface area contributed by atoms with Crippen LogP contribution in [0.2, 0.25) is 0 Å². The van der Waals surface area contributed by atoms with E-state index in [1.165, 1.54) is 12.1 Å². The lowest BCUT2D eigenvalue weighted by molar-refractivity contribution is -0.274. The van der Waals surface area contributed by atoms with Crippen molar-refractivity contribution in [2.75, 3.05) is 6.61 Å². The summed E-state index contributed by atoms with van der Waals surface area (Å²) in [6.07, 6.45) is -2.65. The van der Waals surface area contributed by atoms with Crippen LogP contribution in [0.5, 0.6) is 5.75 Å². The van der Waals surface area contributed by atoms with Gasteiger partial charge in [0.2, 0.25) is 0 Å². The quantitative estimate of drug-likeness (QED) is 0.797. The molecule has 1 fully saturated rings. The number of rotatable bonds is 3. The van der Waals surface area contributed by atoms with Crippen molar-refractivity contribution in [2.24, 2.45) is 0 Å². The highest BCUT2D eigenvalue weighted by Gasteiger charge is 2.31. The summed E-state index contributed by atoms with van der Waals surface area (Å²) < 4.78 is 44.6. The number of hydrogen-bond donors (Lipinski definition) is 0. The maximum atomic E-state index is 11.9. The van der Waals surface area contributed by atoms with Crippen LogP contribution in [0.1, 0.15) is 12.0 Å². The van der Waals surface area contributed by atoms with Gasteiger partial charge >= 0.3 is 6.36 Å². The molecule has 1 atom stereocenters. The van der Waals surface area contributed by atoms with Gasteiger partial charge in [-0.2, -0.15) is 0 Å². The topological polar surface area (TPSA) is 18.5 Å². The number of hydrogen-bond acceptors (Lipinski definition) is 2. The van der Waals surface area contributed by atoms with Crippen molar-refractivity contribution in [1.29, 1.82) is 0 Å². The molecule has 2 nitrogen and oxygen atoms in total. The van der Waals surface area contributed by atoms with Crippen LogP contribution < -0.4 is 4.74 Å². The van der Waals surface area contributed by atoms with Crippen LogP contribution in [0.4, 0.5) is 13.2 Å². The first-order valence-corrected chi connectivity index (χ1v) is 4.99. The Bertz CT molecular complexity index is 341. The summed E-state index contributed by atoms with van der Waals surface area (Å²) in [6, 6.07) is 5.90. The number of halogens is 3. The van der Waals surface area contributed by atoms with Crippen molar-refractivity contribution in [2.45, 2.75) is 25.3 Å². The Balaban J connectivity index is 1.93. The van der Waals surface area contributed by atoms with Crippen LogP contribution in [-0.4, -0.2) is 19.1 Å². The highest BCUT2D eigenvalue weighted by Crippen LogP contribution is 2.24. The van der Waals surface area contributed by atoms with E-state index in [-0.39, 0.29) is 11.9 Å². The molecule has 0 spiro atoms. The van der Waals surface area contributed by atoms with Gasteiger partial charge < -0.3 is 9.47 Å². The molecule has 0 aliphatic carbocycles. The molecular formula is C11H11F3O2. The third kappa shape index (κ3) is 3.13. The summed E-state index contributed by atoms with van der Waals surface area (Å²) in [4.78, 5) is 0. The second-order valence-electron chi connectivity index (χ2n) is 3.68. The molecule has 16 heavy (non-hydrogen) atoms. The van der Waals surface area contributed by atoms with Crippen LogP contribution in [0, 0.1) is 0 Å². The highest BCUT2D eigenvalue weighted by molar-refractivity contribution is 5.27.